The maximum atomic E-state index is 14.6. The van der Waals surface area contributed by atoms with Gasteiger partial charge in [0.25, 0.3) is 0 Å². The number of fused-ring (bicyclic) bond motifs is 2. The number of hydrogen-bond acceptors (Lipinski definition) is 6. The number of hydrogen-bond donors (Lipinski definition) is 3. The fraction of sp³-hybridized carbons (Fsp3) is 0.225. The molecule has 0 spiro atoms. The van der Waals surface area contributed by atoms with Gasteiger partial charge in [-0.1, -0.05) is 78.9 Å². The van der Waals surface area contributed by atoms with Crippen LogP contribution in [0.15, 0.2) is 122 Å². The van der Waals surface area contributed by atoms with E-state index in [0.717, 1.165) is 33.2 Å². The number of hydrazine groups is 1. The summed E-state index contributed by atoms with van der Waals surface area (Å²) >= 11 is 0. The van der Waals surface area contributed by atoms with Gasteiger partial charge in [-0.05, 0) is 58.0 Å². The number of carbonyl (C=O) groups is 3. The third-order valence-electron chi connectivity index (χ3n) is 9.57. The molecule has 4 amide bonds. The molecule has 0 unspecified atom stereocenters. The first kappa shape index (κ1) is 33.4. The number of benzene rings is 4. The summed E-state index contributed by atoms with van der Waals surface area (Å²) in [5.74, 6) is -0.345. The monoisotopic (exact) mass is 683 g/mol. The van der Waals surface area contributed by atoms with Gasteiger partial charge in [0.1, 0.15) is 18.0 Å². The van der Waals surface area contributed by atoms with E-state index in [2.05, 4.69) is 22.5 Å². The quantitative estimate of drug-likeness (QED) is 0.145. The summed E-state index contributed by atoms with van der Waals surface area (Å²) in [6, 6.07) is 30.9. The fourth-order valence-electron chi connectivity index (χ4n) is 7.25. The number of nitrogen functional groups attached to an aromatic ring is 1. The van der Waals surface area contributed by atoms with Gasteiger partial charge < -0.3 is 30.5 Å². The number of urea groups is 1. The van der Waals surface area contributed by atoms with E-state index < -0.39 is 12.2 Å². The van der Waals surface area contributed by atoms with Crippen molar-refractivity contribution in [1.82, 2.24) is 29.7 Å². The molecule has 2 fully saturated rings. The van der Waals surface area contributed by atoms with Crippen molar-refractivity contribution in [3.8, 4) is 5.75 Å². The van der Waals surface area contributed by atoms with E-state index in [1.165, 1.54) is 0 Å². The van der Waals surface area contributed by atoms with Crippen LogP contribution in [0.1, 0.15) is 22.3 Å². The van der Waals surface area contributed by atoms with Crippen LogP contribution in [0.2, 0.25) is 0 Å². The zero-order valence-corrected chi connectivity index (χ0v) is 28.3. The van der Waals surface area contributed by atoms with E-state index in [1.807, 2.05) is 79.0 Å². The van der Waals surface area contributed by atoms with E-state index >= 15 is 0 Å². The summed E-state index contributed by atoms with van der Waals surface area (Å²) < 4.78 is 2.16. The zero-order chi connectivity index (χ0) is 35.5. The molecule has 260 valence electrons. The topological polar surface area (TPSA) is 127 Å². The molecule has 2 saturated heterocycles. The summed E-state index contributed by atoms with van der Waals surface area (Å²) in [7, 11) is 0. The van der Waals surface area contributed by atoms with Crippen LogP contribution in [-0.4, -0.2) is 79.2 Å². The van der Waals surface area contributed by atoms with Gasteiger partial charge in [0.15, 0.2) is 0 Å². The van der Waals surface area contributed by atoms with Gasteiger partial charge in [0, 0.05) is 44.5 Å². The van der Waals surface area contributed by atoms with E-state index in [9.17, 15) is 19.5 Å². The molecule has 4 aromatic carbocycles. The van der Waals surface area contributed by atoms with Crippen LogP contribution in [0.4, 0.5) is 10.5 Å². The van der Waals surface area contributed by atoms with Gasteiger partial charge in [0.2, 0.25) is 11.8 Å². The Bertz CT molecular complexity index is 2060. The van der Waals surface area contributed by atoms with E-state index in [4.69, 9.17) is 5.73 Å². The molecule has 5 aromatic rings. The Balaban J connectivity index is 1.25. The molecule has 11 heteroatoms. The number of phenolic OH excluding ortho intramolecular Hbond substituents is 1. The van der Waals surface area contributed by atoms with E-state index in [-0.39, 0.29) is 56.2 Å². The molecule has 0 bridgehead atoms. The highest BCUT2D eigenvalue weighted by Crippen LogP contribution is 2.31. The first-order valence-electron chi connectivity index (χ1n) is 17.0. The number of amides is 4. The number of aromatic nitrogens is 1. The summed E-state index contributed by atoms with van der Waals surface area (Å²) in [6.45, 7) is 5.33. The van der Waals surface area contributed by atoms with Crippen molar-refractivity contribution in [3.05, 3.63) is 144 Å². The largest absolute Gasteiger partial charge is 0.508 e. The average Bonchev–Trinajstić information content (AvgIpc) is 3.54. The minimum atomic E-state index is -0.880. The Labute approximate surface area is 296 Å². The Morgan fingerprint density at radius 2 is 1.67 bits per heavy atom. The average molecular weight is 684 g/mol. The van der Waals surface area contributed by atoms with Crippen LogP contribution < -0.4 is 11.1 Å². The molecule has 0 saturated carbocycles. The molecule has 1 aromatic heterocycles. The van der Waals surface area contributed by atoms with Gasteiger partial charge in [-0.15, -0.1) is 6.58 Å². The number of nitrogens with one attached hydrogen (secondary N) is 1. The van der Waals surface area contributed by atoms with Crippen molar-refractivity contribution in [2.45, 2.75) is 38.3 Å². The van der Waals surface area contributed by atoms with Crippen LogP contribution in [-0.2, 0) is 35.6 Å². The van der Waals surface area contributed by atoms with Crippen LogP contribution in [0.3, 0.4) is 0 Å². The number of anilines is 1. The lowest BCUT2D eigenvalue weighted by Gasteiger charge is -2.55. The highest BCUT2D eigenvalue weighted by molar-refractivity contribution is 5.92. The predicted octanol–water partition coefficient (Wildman–Crippen LogP) is 4.71. The summed E-state index contributed by atoms with van der Waals surface area (Å²) in [5.41, 5.74) is 11.5. The molecule has 0 aliphatic carbocycles. The van der Waals surface area contributed by atoms with Gasteiger partial charge in [-0.3, -0.25) is 9.59 Å². The second-order valence-electron chi connectivity index (χ2n) is 13.1. The minimum Gasteiger partial charge on any atom is -0.508 e. The van der Waals surface area contributed by atoms with E-state index in [1.54, 1.807) is 50.2 Å². The maximum absolute atomic E-state index is 14.6. The Morgan fingerprint density at radius 1 is 0.902 bits per heavy atom. The van der Waals surface area contributed by atoms with Gasteiger partial charge in [-0.2, -0.15) is 0 Å². The molecular weight excluding hydrogens is 642 g/mol. The molecule has 2 aliphatic rings. The first-order valence-corrected chi connectivity index (χ1v) is 17.0. The summed E-state index contributed by atoms with van der Waals surface area (Å²) in [4.78, 5) is 46.0. The molecule has 0 radical (unpaired) electrons. The minimum absolute atomic E-state index is 0.0859. The van der Waals surface area contributed by atoms with Crippen molar-refractivity contribution in [2.24, 2.45) is 0 Å². The lowest BCUT2D eigenvalue weighted by atomic mass is 9.98. The van der Waals surface area contributed by atoms with Gasteiger partial charge in [0.05, 0.1) is 18.6 Å². The Hall–Kier alpha value is -6.07. The third-order valence-corrected chi connectivity index (χ3v) is 9.57. The first-order chi connectivity index (χ1) is 24.8. The Kier molecular flexibility index (Phi) is 9.45. The molecular formula is C40H41N7O4. The lowest BCUT2D eigenvalue weighted by Crippen LogP contribution is -2.76. The highest BCUT2D eigenvalue weighted by atomic mass is 16.3. The number of piperazine rings is 1. The summed E-state index contributed by atoms with van der Waals surface area (Å²) in [6.07, 6.45) is 3.14. The van der Waals surface area contributed by atoms with Crippen LogP contribution in [0, 0.1) is 0 Å². The second kappa shape index (κ2) is 14.4. The number of nitrogens with two attached hydrogens (primary N) is 1. The normalized spacial score (nSPS) is 17.8. The van der Waals surface area contributed by atoms with Crippen LogP contribution in [0.5, 0.6) is 5.75 Å². The molecule has 4 N–H and O–H groups in total. The molecule has 2 atom stereocenters. The smallest absolute Gasteiger partial charge is 0.334 e. The fourth-order valence-corrected chi connectivity index (χ4v) is 7.25. The van der Waals surface area contributed by atoms with Crippen molar-refractivity contribution in [2.75, 3.05) is 25.4 Å². The number of phenols is 1. The summed E-state index contributed by atoms with van der Waals surface area (Å²) in [5, 5.41) is 17.3. The van der Waals surface area contributed by atoms with Crippen LogP contribution >= 0.6 is 0 Å². The Morgan fingerprint density at radius 3 is 2.43 bits per heavy atom. The SMILES string of the molecule is C=CCN1CC(=O)N2[C@@H](Cc3ccc(O)cc3)C(=O)N(Cc3cccc4ccn(Cc5cccc(N)c5)c34)C[C@@H]2N1C(=O)NCc1ccccc1. The van der Waals surface area contributed by atoms with Gasteiger partial charge >= 0.3 is 6.03 Å². The van der Waals surface area contributed by atoms with Crippen LogP contribution in [0.25, 0.3) is 10.9 Å². The number of carbonyl (C=O) groups excluding carboxylic acids is 3. The molecule has 7 rings (SSSR count). The second-order valence-corrected chi connectivity index (χ2v) is 13.1. The third kappa shape index (κ3) is 7.01. The lowest BCUT2D eigenvalue weighted by molar-refractivity contribution is -0.189. The zero-order valence-electron chi connectivity index (χ0n) is 28.3. The van der Waals surface area contributed by atoms with Gasteiger partial charge in [-0.25, -0.2) is 14.8 Å². The number of nitrogens with zero attached hydrogens (tertiary/aromatic N) is 5. The highest BCUT2D eigenvalue weighted by Gasteiger charge is 2.51. The maximum Gasteiger partial charge on any atom is 0.334 e. The number of para-hydroxylation sites is 1. The van der Waals surface area contributed by atoms with Crippen molar-refractivity contribution >= 4 is 34.4 Å². The van der Waals surface area contributed by atoms with Crippen molar-refractivity contribution < 1.29 is 19.5 Å². The molecule has 2 aliphatic heterocycles. The van der Waals surface area contributed by atoms with Crippen molar-refractivity contribution in [1.29, 1.82) is 0 Å². The van der Waals surface area contributed by atoms with Crippen molar-refractivity contribution in [3.63, 3.8) is 0 Å². The number of aromatic hydroxyl groups is 1. The molecule has 11 nitrogen and oxygen atoms in total. The standard InChI is InChI=1S/C40H41N7O4/c1-2-19-45-27-37(49)46-35(22-28-14-16-34(48)17-15-28)39(50)44(26-36(46)47(45)40(51)42-23-29-8-4-3-5-9-29)25-32-12-7-11-31-18-20-43(38(31)32)24-30-10-6-13-33(41)21-30/h2-18,20-21,35-36,48H,1,19,22-27,41H2,(H,42,51)/t35-,36-/m0/s1. The predicted molar refractivity (Wildman–Crippen MR) is 196 cm³/mol. The molecule has 3 heterocycles. The number of rotatable bonds is 10. The van der Waals surface area contributed by atoms with E-state index in [0.29, 0.717) is 18.8 Å². The molecule has 51 heavy (non-hydrogen) atoms.